The maximum Gasteiger partial charge on any atom is 0.000816 e. The molecule has 0 unspecified atom stereocenters. The summed E-state index contributed by atoms with van der Waals surface area (Å²) >= 11 is 5.86. The summed E-state index contributed by atoms with van der Waals surface area (Å²) in [6, 6.07) is 0. The normalized spacial score (nSPS) is 28.3. The van der Waals surface area contributed by atoms with Gasteiger partial charge < -0.3 is 0 Å². The van der Waals surface area contributed by atoms with E-state index in [9.17, 15) is 0 Å². The fourth-order valence-corrected chi connectivity index (χ4v) is 3.97. The lowest BCUT2D eigenvalue weighted by atomic mass is 9.62. The third-order valence-electron chi connectivity index (χ3n) is 4.60. The average Bonchev–Trinajstić information content (AvgIpc) is 2.32. The van der Waals surface area contributed by atoms with Crippen LogP contribution in [0.4, 0.5) is 0 Å². The van der Waals surface area contributed by atoms with Crippen molar-refractivity contribution in [3.63, 3.8) is 0 Å². The molecule has 0 bridgehead atoms. The Balaban J connectivity index is 2.08. The van der Waals surface area contributed by atoms with Crippen LogP contribution in [0.3, 0.4) is 0 Å². The zero-order valence-corrected chi connectivity index (χ0v) is 10.4. The molecule has 2 rings (SSSR count). The lowest BCUT2D eigenvalue weighted by Gasteiger charge is -2.43. The molecule has 0 aliphatic heterocycles. The first-order valence-electron chi connectivity index (χ1n) is 6.65. The van der Waals surface area contributed by atoms with Crippen LogP contribution >= 0.6 is 11.6 Å². The number of rotatable bonds is 2. The van der Waals surface area contributed by atoms with Crippen molar-refractivity contribution in [1.29, 1.82) is 0 Å². The summed E-state index contributed by atoms with van der Waals surface area (Å²) in [6.07, 6.45) is 16.6. The summed E-state index contributed by atoms with van der Waals surface area (Å²) in [6.45, 7) is 0. The zero-order valence-electron chi connectivity index (χ0n) is 9.68. The molecule has 0 atom stereocenters. The molecule has 0 aromatic heterocycles. The molecule has 15 heavy (non-hydrogen) atoms. The van der Waals surface area contributed by atoms with Gasteiger partial charge in [-0.3, -0.25) is 0 Å². The smallest absolute Gasteiger partial charge is 0.000816 e. The molecule has 86 valence electrons. The van der Waals surface area contributed by atoms with Crippen molar-refractivity contribution < 1.29 is 0 Å². The van der Waals surface area contributed by atoms with Crippen LogP contribution in [0, 0.1) is 11.3 Å². The zero-order chi connectivity index (χ0) is 10.6. The van der Waals surface area contributed by atoms with Crippen molar-refractivity contribution >= 4 is 11.6 Å². The third kappa shape index (κ3) is 2.58. The van der Waals surface area contributed by atoms with Gasteiger partial charge in [-0.2, -0.15) is 0 Å². The van der Waals surface area contributed by atoms with E-state index in [1.54, 1.807) is 5.54 Å². The van der Waals surface area contributed by atoms with Crippen LogP contribution in [0.2, 0.25) is 0 Å². The van der Waals surface area contributed by atoms with E-state index in [-0.39, 0.29) is 0 Å². The van der Waals surface area contributed by atoms with Crippen molar-refractivity contribution in [3.05, 3.63) is 11.6 Å². The minimum absolute atomic E-state index is 0.487. The van der Waals surface area contributed by atoms with Gasteiger partial charge >= 0.3 is 0 Å². The summed E-state index contributed by atoms with van der Waals surface area (Å²) in [5, 5.41) is 0. The predicted octanol–water partition coefficient (Wildman–Crippen LogP) is 5.27. The lowest BCUT2D eigenvalue weighted by molar-refractivity contribution is 0.119. The molecule has 0 radical (unpaired) electrons. The van der Waals surface area contributed by atoms with E-state index in [0.29, 0.717) is 5.41 Å². The monoisotopic (exact) mass is 226 g/mol. The van der Waals surface area contributed by atoms with Crippen LogP contribution in [0.5, 0.6) is 0 Å². The third-order valence-corrected chi connectivity index (χ3v) is 4.72. The highest BCUT2D eigenvalue weighted by atomic mass is 35.5. The van der Waals surface area contributed by atoms with Crippen molar-refractivity contribution in [2.45, 2.75) is 64.2 Å². The molecule has 0 aromatic carbocycles. The molecule has 0 spiro atoms. The van der Waals surface area contributed by atoms with E-state index in [1.165, 1.54) is 64.2 Å². The number of hydrogen-bond donors (Lipinski definition) is 0. The number of hydrogen-bond acceptors (Lipinski definition) is 0. The minimum Gasteiger partial charge on any atom is -0.0933 e. The Bertz CT molecular complexity index is 207. The first-order valence-corrected chi connectivity index (χ1v) is 7.09. The molecule has 1 heteroatoms. The van der Waals surface area contributed by atoms with Gasteiger partial charge in [0.25, 0.3) is 0 Å². The molecule has 0 saturated heterocycles. The highest BCUT2D eigenvalue weighted by molar-refractivity contribution is 6.25. The van der Waals surface area contributed by atoms with Crippen molar-refractivity contribution in [2.75, 3.05) is 0 Å². The van der Waals surface area contributed by atoms with Crippen molar-refractivity contribution in [2.24, 2.45) is 11.3 Å². The first-order chi connectivity index (χ1) is 7.37. The van der Waals surface area contributed by atoms with Gasteiger partial charge in [0.1, 0.15) is 0 Å². The topological polar surface area (TPSA) is 0 Å². The van der Waals surface area contributed by atoms with Crippen LogP contribution in [0.25, 0.3) is 0 Å². The molecule has 0 amide bonds. The summed E-state index contributed by atoms with van der Waals surface area (Å²) in [7, 11) is 0. The van der Waals surface area contributed by atoms with E-state index < -0.39 is 0 Å². The van der Waals surface area contributed by atoms with Gasteiger partial charge in [0, 0.05) is 5.54 Å². The van der Waals surface area contributed by atoms with Crippen molar-refractivity contribution in [1.82, 2.24) is 0 Å². The van der Waals surface area contributed by atoms with Gasteiger partial charge in [-0.15, -0.1) is 0 Å². The van der Waals surface area contributed by atoms with Crippen LogP contribution in [0.15, 0.2) is 11.6 Å². The number of halogens is 1. The maximum absolute atomic E-state index is 5.86. The molecule has 2 aliphatic rings. The Morgan fingerprint density at radius 2 is 1.47 bits per heavy atom. The Hall–Kier alpha value is 0.0300. The van der Waals surface area contributed by atoms with E-state index >= 15 is 0 Å². The second kappa shape index (κ2) is 5.39. The van der Waals surface area contributed by atoms with E-state index in [1.807, 2.05) is 0 Å². The highest BCUT2D eigenvalue weighted by Crippen LogP contribution is 2.49. The van der Waals surface area contributed by atoms with E-state index in [4.69, 9.17) is 11.6 Å². The summed E-state index contributed by atoms with van der Waals surface area (Å²) in [5.41, 5.74) is 2.28. The second-order valence-electron chi connectivity index (χ2n) is 5.42. The molecule has 2 fully saturated rings. The van der Waals surface area contributed by atoms with Crippen LogP contribution in [-0.4, -0.2) is 0 Å². The molecular weight excluding hydrogens is 204 g/mol. The molecule has 0 heterocycles. The molecular formula is C14H23Cl. The van der Waals surface area contributed by atoms with Crippen LogP contribution in [0.1, 0.15) is 64.2 Å². The predicted molar refractivity (Wildman–Crippen MR) is 67.1 cm³/mol. The number of allylic oxidation sites excluding steroid dienone is 1. The highest BCUT2D eigenvalue weighted by Gasteiger charge is 2.37. The van der Waals surface area contributed by atoms with Crippen molar-refractivity contribution in [3.8, 4) is 0 Å². The molecule has 2 aliphatic carbocycles. The molecule has 2 saturated carbocycles. The second-order valence-corrected chi connectivity index (χ2v) is 5.67. The molecule has 0 nitrogen and oxygen atoms in total. The van der Waals surface area contributed by atoms with E-state index in [0.717, 1.165) is 5.92 Å². The SMILES string of the molecule is Cl/C=C/C1(C2CCCCC2)CCCCC1. The summed E-state index contributed by atoms with van der Waals surface area (Å²) < 4.78 is 0. The summed E-state index contributed by atoms with van der Waals surface area (Å²) in [4.78, 5) is 0. The Morgan fingerprint density at radius 3 is 2.07 bits per heavy atom. The first kappa shape index (κ1) is 11.5. The standard InChI is InChI=1S/C14H23Cl/c15-12-11-14(9-5-2-6-10-14)13-7-3-1-4-8-13/h11-13H,1-10H2/b12-11+. The van der Waals surface area contributed by atoms with Gasteiger partial charge in [-0.1, -0.05) is 56.2 Å². The average molecular weight is 227 g/mol. The van der Waals surface area contributed by atoms with Gasteiger partial charge in [0.15, 0.2) is 0 Å². The van der Waals surface area contributed by atoms with Gasteiger partial charge in [-0.25, -0.2) is 0 Å². The lowest BCUT2D eigenvalue weighted by Crippen LogP contribution is -2.32. The van der Waals surface area contributed by atoms with E-state index in [2.05, 4.69) is 6.08 Å². The molecule has 0 aromatic rings. The van der Waals surface area contributed by atoms with Gasteiger partial charge in [-0.05, 0) is 37.0 Å². The fraction of sp³-hybridized carbons (Fsp3) is 0.857. The van der Waals surface area contributed by atoms with Gasteiger partial charge in [0.2, 0.25) is 0 Å². The quantitative estimate of drug-likeness (QED) is 0.602. The Morgan fingerprint density at radius 1 is 0.867 bits per heavy atom. The van der Waals surface area contributed by atoms with Gasteiger partial charge in [0.05, 0.1) is 0 Å². The Labute approximate surface area is 99.1 Å². The van der Waals surface area contributed by atoms with Crippen LogP contribution in [-0.2, 0) is 0 Å². The fourth-order valence-electron chi connectivity index (χ4n) is 3.72. The Kier molecular flexibility index (Phi) is 4.13. The summed E-state index contributed by atoms with van der Waals surface area (Å²) in [5.74, 6) is 0.932. The largest absolute Gasteiger partial charge is 0.0933 e. The van der Waals surface area contributed by atoms with Crippen LogP contribution < -0.4 is 0 Å². The molecule has 0 N–H and O–H groups in total. The minimum atomic E-state index is 0.487. The maximum atomic E-state index is 5.86.